The van der Waals surface area contributed by atoms with Crippen molar-refractivity contribution in [3.63, 3.8) is 0 Å². The summed E-state index contributed by atoms with van der Waals surface area (Å²) in [5.41, 5.74) is 1.90. The van der Waals surface area contributed by atoms with Crippen LogP contribution in [0.4, 0.5) is 5.95 Å². The Morgan fingerprint density at radius 1 is 1.26 bits per heavy atom. The lowest BCUT2D eigenvalue weighted by Crippen LogP contribution is -2.48. The first-order valence-corrected chi connectivity index (χ1v) is 9.69. The normalized spacial score (nSPS) is 17.0. The molecule has 0 N–H and O–H groups in total. The number of piperidine rings is 1. The second-order valence-corrected chi connectivity index (χ2v) is 7.97. The molecule has 0 saturated carbocycles. The summed E-state index contributed by atoms with van der Waals surface area (Å²) in [6, 6.07) is 1.97. The van der Waals surface area contributed by atoms with Gasteiger partial charge in [0, 0.05) is 44.2 Å². The number of nitrogens with zero attached hydrogens (tertiary/aromatic N) is 4. The molecule has 2 rings (SSSR count). The third-order valence-electron chi connectivity index (χ3n) is 4.07. The van der Waals surface area contributed by atoms with Crippen molar-refractivity contribution in [1.29, 1.82) is 0 Å². The van der Waals surface area contributed by atoms with E-state index in [9.17, 15) is 8.42 Å². The number of aromatic nitrogens is 2. The Morgan fingerprint density at radius 3 is 2.30 bits per heavy atom. The van der Waals surface area contributed by atoms with E-state index in [-0.39, 0.29) is 6.04 Å². The number of methoxy groups -OCH3 is 1. The second-order valence-electron chi connectivity index (χ2n) is 6.04. The molecule has 0 aliphatic carbocycles. The van der Waals surface area contributed by atoms with Crippen molar-refractivity contribution in [2.24, 2.45) is 0 Å². The summed E-state index contributed by atoms with van der Waals surface area (Å²) in [6.07, 6.45) is 2.81. The van der Waals surface area contributed by atoms with E-state index < -0.39 is 10.0 Å². The molecule has 7 nitrogen and oxygen atoms in total. The standard InChI is InChI=1S/C15H26N4O3S/c1-12-11-13(2)17-15(16-12)18-7-5-14(6-8-18)19(9-10-22-3)23(4,20)21/h11,14H,5-10H2,1-4H3. The molecule has 1 aliphatic heterocycles. The first-order valence-electron chi connectivity index (χ1n) is 7.84. The number of anilines is 1. The van der Waals surface area contributed by atoms with Gasteiger partial charge in [-0.2, -0.15) is 4.31 Å². The fourth-order valence-corrected chi connectivity index (χ4v) is 4.16. The number of ether oxygens (including phenoxy) is 1. The highest BCUT2D eigenvalue weighted by molar-refractivity contribution is 7.88. The van der Waals surface area contributed by atoms with Crippen LogP contribution in [0.1, 0.15) is 24.2 Å². The molecule has 0 radical (unpaired) electrons. The molecule has 1 aliphatic rings. The number of rotatable bonds is 6. The topological polar surface area (TPSA) is 75.6 Å². The highest BCUT2D eigenvalue weighted by atomic mass is 32.2. The molecule has 130 valence electrons. The molecule has 0 atom stereocenters. The maximum Gasteiger partial charge on any atom is 0.225 e. The summed E-state index contributed by atoms with van der Waals surface area (Å²) >= 11 is 0. The largest absolute Gasteiger partial charge is 0.383 e. The highest BCUT2D eigenvalue weighted by Crippen LogP contribution is 2.22. The maximum atomic E-state index is 12.0. The molecule has 0 spiro atoms. The van der Waals surface area contributed by atoms with Gasteiger partial charge in [-0.25, -0.2) is 18.4 Å². The van der Waals surface area contributed by atoms with Crippen LogP contribution in [0.15, 0.2) is 6.07 Å². The van der Waals surface area contributed by atoms with Gasteiger partial charge in [0.15, 0.2) is 0 Å². The zero-order valence-electron chi connectivity index (χ0n) is 14.3. The first kappa shape index (κ1) is 18.1. The average Bonchev–Trinajstić information content (AvgIpc) is 2.46. The van der Waals surface area contributed by atoms with Crippen molar-refractivity contribution in [3.05, 3.63) is 17.5 Å². The van der Waals surface area contributed by atoms with Crippen molar-refractivity contribution in [2.45, 2.75) is 32.7 Å². The van der Waals surface area contributed by atoms with E-state index in [0.717, 1.165) is 43.3 Å². The Kier molecular flexibility index (Phi) is 5.94. The van der Waals surface area contributed by atoms with Gasteiger partial charge < -0.3 is 9.64 Å². The SMILES string of the molecule is COCCN(C1CCN(c2nc(C)cc(C)n2)CC1)S(C)(=O)=O. The van der Waals surface area contributed by atoms with Gasteiger partial charge in [-0.15, -0.1) is 0 Å². The lowest BCUT2D eigenvalue weighted by atomic mass is 10.1. The number of hydrogen-bond acceptors (Lipinski definition) is 6. The van der Waals surface area contributed by atoms with Gasteiger partial charge in [0.25, 0.3) is 0 Å². The maximum absolute atomic E-state index is 12.0. The van der Waals surface area contributed by atoms with Crippen LogP contribution in [0.5, 0.6) is 0 Å². The van der Waals surface area contributed by atoms with Crippen LogP contribution < -0.4 is 4.90 Å². The van der Waals surface area contributed by atoms with Crippen molar-refractivity contribution in [1.82, 2.24) is 14.3 Å². The number of aryl methyl sites for hydroxylation is 2. The van der Waals surface area contributed by atoms with Gasteiger partial charge in [-0.1, -0.05) is 0 Å². The van der Waals surface area contributed by atoms with Crippen LogP contribution in [0.2, 0.25) is 0 Å². The summed E-state index contributed by atoms with van der Waals surface area (Å²) in [5, 5.41) is 0. The molecule has 1 saturated heterocycles. The van der Waals surface area contributed by atoms with Crippen LogP contribution in [0.3, 0.4) is 0 Å². The predicted molar refractivity (Wildman–Crippen MR) is 90.2 cm³/mol. The monoisotopic (exact) mass is 342 g/mol. The molecular weight excluding hydrogens is 316 g/mol. The Balaban J connectivity index is 2.04. The van der Waals surface area contributed by atoms with Crippen LogP contribution >= 0.6 is 0 Å². The lowest BCUT2D eigenvalue weighted by Gasteiger charge is -2.37. The summed E-state index contributed by atoms with van der Waals surface area (Å²) in [5.74, 6) is 0.740. The molecule has 23 heavy (non-hydrogen) atoms. The lowest BCUT2D eigenvalue weighted by molar-refractivity contribution is 0.159. The van der Waals surface area contributed by atoms with E-state index in [0.29, 0.717) is 13.2 Å². The van der Waals surface area contributed by atoms with Crippen molar-refractivity contribution < 1.29 is 13.2 Å². The number of hydrogen-bond donors (Lipinski definition) is 0. The predicted octanol–water partition coefficient (Wildman–Crippen LogP) is 0.970. The zero-order valence-corrected chi connectivity index (χ0v) is 15.1. The molecule has 0 amide bonds. The van der Waals surface area contributed by atoms with Crippen molar-refractivity contribution in [2.75, 3.05) is 44.5 Å². The Hall–Kier alpha value is -1.25. The van der Waals surface area contributed by atoms with Crippen LogP contribution in [0.25, 0.3) is 0 Å². The average molecular weight is 342 g/mol. The van der Waals surface area contributed by atoms with E-state index in [1.165, 1.54) is 6.26 Å². The van der Waals surface area contributed by atoms with Gasteiger partial charge in [-0.05, 0) is 32.8 Å². The van der Waals surface area contributed by atoms with E-state index in [1.54, 1.807) is 11.4 Å². The highest BCUT2D eigenvalue weighted by Gasteiger charge is 2.30. The third kappa shape index (κ3) is 4.86. The van der Waals surface area contributed by atoms with E-state index in [2.05, 4.69) is 14.9 Å². The van der Waals surface area contributed by atoms with Crippen molar-refractivity contribution >= 4 is 16.0 Å². The fraction of sp³-hybridized carbons (Fsp3) is 0.733. The molecule has 1 aromatic rings. The van der Waals surface area contributed by atoms with Gasteiger partial charge in [-0.3, -0.25) is 0 Å². The Bertz CT molecular complexity index is 607. The zero-order chi connectivity index (χ0) is 17.0. The summed E-state index contributed by atoms with van der Waals surface area (Å²) in [7, 11) is -1.64. The molecule has 1 aromatic heterocycles. The molecule has 2 heterocycles. The van der Waals surface area contributed by atoms with Gasteiger partial charge in [0.1, 0.15) is 0 Å². The van der Waals surface area contributed by atoms with E-state index in [4.69, 9.17) is 4.74 Å². The van der Waals surface area contributed by atoms with Crippen molar-refractivity contribution in [3.8, 4) is 0 Å². The van der Waals surface area contributed by atoms with Gasteiger partial charge in [0.05, 0.1) is 12.9 Å². The molecule has 1 fully saturated rings. The Labute approximate surface area is 138 Å². The van der Waals surface area contributed by atoms with Crippen LogP contribution in [0, 0.1) is 13.8 Å². The minimum atomic E-state index is -3.23. The smallest absolute Gasteiger partial charge is 0.225 e. The second kappa shape index (κ2) is 7.55. The summed E-state index contributed by atoms with van der Waals surface area (Å²) in [4.78, 5) is 11.1. The quantitative estimate of drug-likeness (QED) is 0.767. The third-order valence-corrected chi connectivity index (χ3v) is 5.40. The minimum Gasteiger partial charge on any atom is -0.383 e. The van der Waals surface area contributed by atoms with Gasteiger partial charge >= 0.3 is 0 Å². The molecule has 8 heteroatoms. The van der Waals surface area contributed by atoms with E-state index in [1.807, 2.05) is 19.9 Å². The van der Waals surface area contributed by atoms with Crippen LogP contribution in [-0.2, 0) is 14.8 Å². The minimum absolute atomic E-state index is 0.0160. The molecule has 0 unspecified atom stereocenters. The molecule has 0 aromatic carbocycles. The fourth-order valence-electron chi connectivity index (χ4n) is 3.00. The Morgan fingerprint density at radius 2 is 1.83 bits per heavy atom. The van der Waals surface area contributed by atoms with Crippen LogP contribution in [-0.4, -0.2) is 68.3 Å². The first-order chi connectivity index (χ1) is 10.8. The van der Waals surface area contributed by atoms with E-state index >= 15 is 0 Å². The molecular formula is C15H26N4O3S. The molecule has 0 bridgehead atoms. The number of sulfonamides is 1. The van der Waals surface area contributed by atoms with Gasteiger partial charge in [0.2, 0.25) is 16.0 Å². The summed E-state index contributed by atoms with van der Waals surface area (Å²) < 4.78 is 30.6. The summed E-state index contributed by atoms with van der Waals surface area (Å²) in [6.45, 7) is 6.24.